The number of hydrogen-bond donors (Lipinski definition) is 2. The number of aromatic hydroxyl groups is 2. The summed E-state index contributed by atoms with van der Waals surface area (Å²) in [7, 11) is 0. The van der Waals surface area contributed by atoms with Crippen LogP contribution < -0.4 is 0 Å². The van der Waals surface area contributed by atoms with Gasteiger partial charge in [-0.15, -0.1) is 0 Å². The highest BCUT2D eigenvalue weighted by Gasteiger charge is 2.11. The van der Waals surface area contributed by atoms with Gasteiger partial charge in [0.05, 0.1) is 5.56 Å². The third-order valence-corrected chi connectivity index (χ3v) is 4.24. The molecule has 0 fully saturated rings. The maximum atomic E-state index is 12.0. The van der Waals surface area contributed by atoms with Gasteiger partial charge in [-0.3, -0.25) is 4.79 Å². The second-order valence-corrected chi connectivity index (χ2v) is 6.23. The SMILES string of the molecule is O=C(CCCCCCCCc1ccccc1)c1cc(O)ccc1O. The summed E-state index contributed by atoms with van der Waals surface area (Å²) in [6, 6.07) is 14.6. The van der Waals surface area contributed by atoms with Crippen LogP contribution in [-0.4, -0.2) is 16.0 Å². The smallest absolute Gasteiger partial charge is 0.166 e. The minimum atomic E-state index is -0.104. The van der Waals surface area contributed by atoms with Crippen molar-refractivity contribution in [3.05, 3.63) is 59.7 Å². The Labute approximate surface area is 144 Å². The van der Waals surface area contributed by atoms with Gasteiger partial charge in [0.25, 0.3) is 0 Å². The van der Waals surface area contributed by atoms with Crippen LogP contribution in [0.3, 0.4) is 0 Å². The normalized spacial score (nSPS) is 10.7. The number of carbonyl (C=O) groups is 1. The van der Waals surface area contributed by atoms with E-state index in [1.54, 1.807) is 0 Å². The monoisotopic (exact) mass is 326 g/mol. The number of Topliss-reactive ketones (excluding diaryl/α,β-unsaturated/α-hetero) is 1. The lowest BCUT2D eigenvalue weighted by Crippen LogP contribution is -1.99. The van der Waals surface area contributed by atoms with E-state index in [0.29, 0.717) is 6.42 Å². The summed E-state index contributed by atoms with van der Waals surface area (Å²) in [6.45, 7) is 0. The van der Waals surface area contributed by atoms with Crippen LogP contribution in [0.15, 0.2) is 48.5 Å². The van der Waals surface area contributed by atoms with Gasteiger partial charge in [-0.1, -0.05) is 56.0 Å². The third kappa shape index (κ3) is 6.07. The Morgan fingerprint density at radius 3 is 2.21 bits per heavy atom. The summed E-state index contributed by atoms with van der Waals surface area (Å²) >= 11 is 0. The topological polar surface area (TPSA) is 57.5 Å². The van der Waals surface area contributed by atoms with E-state index in [1.165, 1.54) is 43.0 Å². The molecule has 0 saturated carbocycles. The van der Waals surface area contributed by atoms with Gasteiger partial charge in [-0.2, -0.15) is 0 Å². The molecule has 24 heavy (non-hydrogen) atoms. The average Bonchev–Trinajstić information content (AvgIpc) is 2.60. The molecule has 0 radical (unpaired) electrons. The Balaban J connectivity index is 1.55. The molecule has 2 N–H and O–H groups in total. The average molecular weight is 326 g/mol. The zero-order valence-corrected chi connectivity index (χ0v) is 14.1. The number of phenols is 2. The molecule has 0 saturated heterocycles. The summed E-state index contributed by atoms with van der Waals surface area (Å²) < 4.78 is 0. The van der Waals surface area contributed by atoms with E-state index in [4.69, 9.17) is 0 Å². The lowest BCUT2D eigenvalue weighted by molar-refractivity contribution is 0.0976. The first-order valence-electron chi connectivity index (χ1n) is 8.76. The molecule has 3 nitrogen and oxygen atoms in total. The molecule has 0 amide bonds. The van der Waals surface area contributed by atoms with Crippen molar-refractivity contribution in [2.75, 3.05) is 0 Å². The summed E-state index contributed by atoms with van der Waals surface area (Å²) in [5, 5.41) is 19.1. The Morgan fingerprint density at radius 2 is 1.46 bits per heavy atom. The van der Waals surface area contributed by atoms with Crippen molar-refractivity contribution in [1.29, 1.82) is 0 Å². The molecular formula is C21H26O3. The van der Waals surface area contributed by atoms with Crippen molar-refractivity contribution in [3.63, 3.8) is 0 Å². The van der Waals surface area contributed by atoms with Gasteiger partial charge >= 0.3 is 0 Å². The minimum Gasteiger partial charge on any atom is -0.508 e. The molecule has 0 bridgehead atoms. The van der Waals surface area contributed by atoms with Crippen LogP contribution in [0.2, 0.25) is 0 Å². The van der Waals surface area contributed by atoms with Gasteiger partial charge in [0.2, 0.25) is 0 Å². The van der Waals surface area contributed by atoms with Gasteiger partial charge in [0.1, 0.15) is 11.5 Å². The lowest BCUT2D eigenvalue weighted by atomic mass is 10.0. The fourth-order valence-electron chi connectivity index (χ4n) is 2.85. The first-order chi connectivity index (χ1) is 11.7. The van der Waals surface area contributed by atoms with Crippen LogP contribution in [-0.2, 0) is 6.42 Å². The lowest BCUT2D eigenvalue weighted by Gasteiger charge is -2.05. The number of unbranched alkanes of at least 4 members (excludes halogenated alkanes) is 5. The molecule has 0 aliphatic rings. The molecule has 128 valence electrons. The van der Waals surface area contributed by atoms with Crippen LogP contribution in [0.4, 0.5) is 0 Å². The van der Waals surface area contributed by atoms with E-state index in [9.17, 15) is 15.0 Å². The van der Waals surface area contributed by atoms with Crippen molar-refractivity contribution in [1.82, 2.24) is 0 Å². The Morgan fingerprint density at radius 1 is 0.792 bits per heavy atom. The van der Waals surface area contributed by atoms with Crippen LogP contribution in [0.25, 0.3) is 0 Å². The molecule has 0 atom stereocenters. The zero-order valence-electron chi connectivity index (χ0n) is 14.1. The largest absolute Gasteiger partial charge is 0.508 e. The van der Waals surface area contributed by atoms with Crippen LogP contribution in [0, 0.1) is 0 Å². The van der Waals surface area contributed by atoms with Crippen LogP contribution in [0.5, 0.6) is 11.5 Å². The maximum absolute atomic E-state index is 12.0. The molecule has 0 spiro atoms. The molecule has 0 aliphatic heterocycles. The minimum absolute atomic E-state index is 0.00886. The number of aryl methyl sites for hydroxylation is 1. The molecule has 0 aliphatic carbocycles. The van der Waals surface area contributed by atoms with Crippen molar-refractivity contribution in [3.8, 4) is 11.5 Å². The van der Waals surface area contributed by atoms with Gasteiger partial charge in [-0.05, 0) is 43.0 Å². The zero-order chi connectivity index (χ0) is 17.2. The van der Waals surface area contributed by atoms with E-state index in [1.807, 2.05) is 6.07 Å². The summed E-state index contributed by atoms with van der Waals surface area (Å²) in [4.78, 5) is 12.0. The van der Waals surface area contributed by atoms with E-state index in [2.05, 4.69) is 24.3 Å². The molecular weight excluding hydrogens is 300 g/mol. The van der Waals surface area contributed by atoms with Gasteiger partial charge in [-0.25, -0.2) is 0 Å². The second kappa shape index (κ2) is 9.76. The standard InChI is InChI=1S/C21H26O3/c22-18-14-15-21(24)19(16-18)20(23)13-9-4-2-1-3-6-10-17-11-7-5-8-12-17/h5,7-8,11-12,14-16,22,24H,1-4,6,9-10,13H2. The van der Waals surface area contributed by atoms with Gasteiger partial charge < -0.3 is 10.2 Å². The molecule has 0 unspecified atom stereocenters. The quantitative estimate of drug-likeness (QED) is 0.356. The maximum Gasteiger partial charge on any atom is 0.166 e. The van der Waals surface area contributed by atoms with Crippen LogP contribution >= 0.6 is 0 Å². The fourth-order valence-corrected chi connectivity index (χ4v) is 2.85. The number of ketones is 1. The molecule has 3 heteroatoms. The fraction of sp³-hybridized carbons (Fsp3) is 0.381. The molecule has 0 heterocycles. The van der Waals surface area contributed by atoms with Gasteiger partial charge in [0, 0.05) is 6.42 Å². The molecule has 2 aromatic carbocycles. The highest BCUT2D eigenvalue weighted by Crippen LogP contribution is 2.24. The van der Waals surface area contributed by atoms with E-state index in [-0.39, 0.29) is 22.8 Å². The van der Waals surface area contributed by atoms with Gasteiger partial charge in [0.15, 0.2) is 5.78 Å². The predicted molar refractivity (Wildman–Crippen MR) is 96.6 cm³/mol. The van der Waals surface area contributed by atoms with E-state index >= 15 is 0 Å². The third-order valence-electron chi connectivity index (χ3n) is 4.24. The number of rotatable bonds is 10. The highest BCUT2D eigenvalue weighted by molar-refractivity contribution is 5.98. The number of benzene rings is 2. The van der Waals surface area contributed by atoms with E-state index < -0.39 is 0 Å². The van der Waals surface area contributed by atoms with Crippen molar-refractivity contribution < 1.29 is 15.0 Å². The summed E-state index contributed by atoms with van der Waals surface area (Å²) in [5.74, 6) is -0.152. The molecule has 0 aromatic heterocycles. The van der Waals surface area contributed by atoms with E-state index in [0.717, 1.165) is 25.7 Å². The molecule has 2 rings (SSSR count). The number of carbonyl (C=O) groups excluding carboxylic acids is 1. The van der Waals surface area contributed by atoms with Crippen LogP contribution in [0.1, 0.15) is 60.9 Å². The Kier molecular flexibility index (Phi) is 7.34. The Hall–Kier alpha value is -2.29. The predicted octanol–water partition coefficient (Wildman–Crippen LogP) is 5.25. The second-order valence-electron chi connectivity index (χ2n) is 6.23. The van der Waals surface area contributed by atoms with Crippen molar-refractivity contribution in [2.24, 2.45) is 0 Å². The Bertz CT molecular complexity index is 635. The summed E-state index contributed by atoms with van der Waals surface area (Å²) in [5.41, 5.74) is 1.62. The number of hydrogen-bond acceptors (Lipinski definition) is 3. The number of phenolic OH excluding ortho intramolecular Hbond substituents is 2. The van der Waals surface area contributed by atoms with Crippen molar-refractivity contribution >= 4 is 5.78 Å². The first-order valence-corrected chi connectivity index (χ1v) is 8.76. The van der Waals surface area contributed by atoms with Crippen molar-refractivity contribution in [2.45, 2.75) is 51.4 Å². The highest BCUT2D eigenvalue weighted by atomic mass is 16.3. The molecule has 2 aromatic rings. The first kappa shape index (κ1) is 18.1. The summed E-state index contributed by atoms with van der Waals surface area (Å²) in [6.07, 6.45) is 8.16.